The molecule has 3 nitrogen and oxygen atoms in total. The minimum Gasteiger partial charge on any atom is -0.513 e. The van der Waals surface area contributed by atoms with Crippen LogP contribution in [-0.4, -0.2) is 14.7 Å². The number of aliphatic hydroxyl groups is 1. The lowest BCUT2D eigenvalue weighted by molar-refractivity contribution is 0.533. The number of allylic oxidation sites excluding steroid dienone is 2. The van der Waals surface area contributed by atoms with Crippen molar-refractivity contribution >= 4 is 28.3 Å². The van der Waals surface area contributed by atoms with E-state index in [0.717, 1.165) is 28.1 Å². The molecule has 0 saturated carbocycles. The van der Waals surface area contributed by atoms with Gasteiger partial charge in [0.1, 0.15) is 11.7 Å². The average molecular weight is 227 g/mol. The van der Waals surface area contributed by atoms with Crippen molar-refractivity contribution < 1.29 is 5.11 Å². The molecule has 0 aliphatic carbocycles. The van der Waals surface area contributed by atoms with Crippen molar-refractivity contribution in [3.8, 4) is 0 Å². The molecule has 1 aliphatic rings. The number of hydrogen-bond acceptors (Lipinski definition) is 2. The van der Waals surface area contributed by atoms with Crippen molar-refractivity contribution in [3.63, 3.8) is 0 Å². The Morgan fingerprint density at radius 1 is 1.58 bits per heavy atom. The molecule has 1 aromatic heterocycles. The molecule has 0 aromatic carbocycles. The highest BCUT2D eigenvalue weighted by Crippen LogP contribution is 2.08. The molecule has 2 heterocycles. The van der Waals surface area contributed by atoms with E-state index in [4.69, 9.17) is 5.11 Å². The second kappa shape index (κ2) is 2.79. The molecule has 0 radical (unpaired) electrons. The summed E-state index contributed by atoms with van der Waals surface area (Å²) in [5.41, 5.74) is 0.874. The number of halogens is 1. The van der Waals surface area contributed by atoms with E-state index in [9.17, 15) is 0 Å². The Kier molecular flexibility index (Phi) is 1.77. The van der Waals surface area contributed by atoms with Gasteiger partial charge in [-0.2, -0.15) is 0 Å². The van der Waals surface area contributed by atoms with Crippen LogP contribution in [0.5, 0.6) is 0 Å². The van der Waals surface area contributed by atoms with E-state index in [1.807, 2.05) is 16.7 Å². The molecule has 1 aromatic rings. The summed E-state index contributed by atoms with van der Waals surface area (Å²) in [6.45, 7) is 0.734. The summed E-state index contributed by atoms with van der Waals surface area (Å²) < 4.78 is 3.00. The van der Waals surface area contributed by atoms with Crippen LogP contribution in [0, 0.1) is 0 Å². The van der Waals surface area contributed by atoms with Gasteiger partial charge in [-0.3, -0.25) is 0 Å². The Morgan fingerprint density at radius 3 is 3.17 bits per heavy atom. The van der Waals surface area contributed by atoms with E-state index in [1.54, 1.807) is 6.20 Å². The summed E-state index contributed by atoms with van der Waals surface area (Å²) >= 11 is 3.39. The molecule has 12 heavy (non-hydrogen) atoms. The number of nitrogens with zero attached hydrogens (tertiary/aromatic N) is 2. The zero-order valence-electron chi connectivity index (χ0n) is 6.24. The molecule has 2 rings (SSSR count). The van der Waals surface area contributed by atoms with Gasteiger partial charge in [0, 0.05) is 4.48 Å². The standard InChI is InChI=1S/C8H7BrN2O/c9-6-1-2-8-10-3-7(5-12)11(8)4-6/h1-3,5,12H,4H2. The van der Waals surface area contributed by atoms with Crippen molar-refractivity contribution in [3.05, 3.63) is 27.6 Å². The van der Waals surface area contributed by atoms with Crippen LogP contribution in [0.3, 0.4) is 0 Å². The van der Waals surface area contributed by atoms with Crippen molar-refractivity contribution in [2.45, 2.75) is 6.54 Å². The molecule has 0 amide bonds. The van der Waals surface area contributed by atoms with Crippen molar-refractivity contribution in [2.75, 3.05) is 0 Å². The summed E-state index contributed by atoms with van der Waals surface area (Å²) in [5, 5.41) is 9.56. The molecule has 0 saturated heterocycles. The molecule has 0 atom stereocenters. The highest BCUT2D eigenvalue weighted by Gasteiger charge is 2.03. The number of aromatic nitrogens is 2. The predicted molar refractivity (Wildman–Crippen MR) is 50.0 cm³/mol. The Morgan fingerprint density at radius 2 is 2.42 bits per heavy atom. The molecule has 1 N–H and O–H groups in total. The quantitative estimate of drug-likeness (QED) is 0.690. The van der Waals surface area contributed by atoms with Crippen LogP contribution in [0.2, 0.25) is 0 Å². The first-order valence-electron chi connectivity index (χ1n) is 3.53. The van der Waals surface area contributed by atoms with Crippen LogP contribution in [0.4, 0.5) is 0 Å². The lowest BCUT2D eigenvalue weighted by Crippen LogP contribution is -2.29. The third kappa shape index (κ3) is 1.08. The van der Waals surface area contributed by atoms with Crippen LogP contribution in [0.15, 0.2) is 16.8 Å². The van der Waals surface area contributed by atoms with E-state index in [1.165, 1.54) is 0 Å². The third-order valence-corrected chi connectivity index (χ3v) is 2.29. The SMILES string of the molecule is OC=c1cnc2n1CC(Br)=CC=2. The minimum atomic E-state index is 0.728. The van der Waals surface area contributed by atoms with Gasteiger partial charge >= 0.3 is 0 Å². The van der Waals surface area contributed by atoms with Crippen molar-refractivity contribution in [1.29, 1.82) is 0 Å². The normalized spacial score (nSPS) is 16.8. The van der Waals surface area contributed by atoms with Gasteiger partial charge in [0.2, 0.25) is 0 Å². The van der Waals surface area contributed by atoms with Crippen molar-refractivity contribution in [2.24, 2.45) is 0 Å². The van der Waals surface area contributed by atoms with E-state index in [0.29, 0.717) is 0 Å². The monoisotopic (exact) mass is 226 g/mol. The van der Waals surface area contributed by atoms with E-state index >= 15 is 0 Å². The first-order chi connectivity index (χ1) is 5.81. The van der Waals surface area contributed by atoms with Gasteiger partial charge in [-0.25, -0.2) is 4.98 Å². The predicted octanol–water partition coefficient (Wildman–Crippen LogP) is 0.252. The fourth-order valence-corrected chi connectivity index (χ4v) is 1.56. The number of fused-ring (bicyclic) bond motifs is 1. The van der Waals surface area contributed by atoms with Gasteiger partial charge in [-0.15, -0.1) is 0 Å². The Labute approximate surface area is 77.5 Å². The molecule has 0 unspecified atom stereocenters. The summed E-state index contributed by atoms with van der Waals surface area (Å²) in [4.78, 5) is 4.11. The fourth-order valence-electron chi connectivity index (χ4n) is 1.18. The van der Waals surface area contributed by atoms with E-state index < -0.39 is 0 Å². The molecule has 1 aliphatic heterocycles. The van der Waals surface area contributed by atoms with Crippen LogP contribution in [0.25, 0.3) is 12.3 Å². The summed E-state index contributed by atoms with van der Waals surface area (Å²) in [6.07, 6.45) is 6.57. The zero-order valence-corrected chi connectivity index (χ0v) is 7.82. The number of aliphatic hydroxyl groups excluding tert-OH is 1. The van der Waals surface area contributed by atoms with Crippen LogP contribution < -0.4 is 10.8 Å². The summed E-state index contributed by atoms with van der Waals surface area (Å²) in [6, 6.07) is 0. The van der Waals surface area contributed by atoms with E-state index in [2.05, 4.69) is 20.9 Å². The average Bonchev–Trinajstić information content (AvgIpc) is 2.46. The van der Waals surface area contributed by atoms with Gasteiger partial charge in [-0.1, -0.05) is 15.9 Å². The van der Waals surface area contributed by atoms with Crippen LogP contribution in [0.1, 0.15) is 0 Å². The Bertz CT molecular complexity index is 444. The minimum absolute atomic E-state index is 0.728. The third-order valence-electron chi connectivity index (χ3n) is 1.77. The molecule has 0 bridgehead atoms. The number of hydrogen-bond donors (Lipinski definition) is 1. The smallest absolute Gasteiger partial charge is 0.133 e. The molecule has 0 spiro atoms. The molecular formula is C8H7BrN2O. The second-order valence-electron chi connectivity index (χ2n) is 2.54. The maximum absolute atomic E-state index is 8.83. The highest BCUT2D eigenvalue weighted by molar-refractivity contribution is 9.11. The Hall–Kier alpha value is -1.03. The molecular weight excluding hydrogens is 220 g/mol. The van der Waals surface area contributed by atoms with Gasteiger partial charge < -0.3 is 9.67 Å². The van der Waals surface area contributed by atoms with Gasteiger partial charge in [0.25, 0.3) is 0 Å². The first kappa shape index (κ1) is 7.61. The number of rotatable bonds is 0. The zero-order chi connectivity index (χ0) is 8.55. The Balaban J connectivity index is 2.71. The first-order valence-corrected chi connectivity index (χ1v) is 4.33. The fraction of sp³-hybridized carbons (Fsp3) is 0.125. The van der Waals surface area contributed by atoms with Crippen molar-refractivity contribution in [1.82, 2.24) is 9.55 Å². The van der Waals surface area contributed by atoms with Crippen LogP contribution in [-0.2, 0) is 6.54 Å². The molecule has 0 fully saturated rings. The maximum Gasteiger partial charge on any atom is 0.133 e. The summed E-state index contributed by atoms with van der Waals surface area (Å²) in [7, 11) is 0. The highest BCUT2D eigenvalue weighted by atomic mass is 79.9. The molecule has 4 heteroatoms. The largest absolute Gasteiger partial charge is 0.513 e. The van der Waals surface area contributed by atoms with Gasteiger partial charge in [0.05, 0.1) is 18.1 Å². The van der Waals surface area contributed by atoms with Gasteiger partial charge in [-0.05, 0) is 12.2 Å². The number of imidazole rings is 1. The summed E-state index contributed by atoms with van der Waals surface area (Å²) in [5.74, 6) is 0. The van der Waals surface area contributed by atoms with Crippen LogP contribution >= 0.6 is 15.9 Å². The topological polar surface area (TPSA) is 38.1 Å². The lowest BCUT2D eigenvalue weighted by Gasteiger charge is -2.05. The molecule has 62 valence electrons. The van der Waals surface area contributed by atoms with E-state index in [-0.39, 0.29) is 0 Å². The maximum atomic E-state index is 8.83. The van der Waals surface area contributed by atoms with Gasteiger partial charge in [0.15, 0.2) is 0 Å². The second-order valence-corrected chi connectivity index (χ2v) is 3.56. The lowest BCUT2D eigenvalue weighted by atomic mass is 10.4.